The fraction of sp³-hybridized carbons (Fsp3) is 0.222. The summed E-state index contributed by atoms with van der Waals surface area (Å²) >= 11 is 0. The summed E-state index contributed by atoms with van der Waals surface area (Å²) < 4.78 is 18.6. The van der Waals surface area contributed by atoms with E-state index in [2.05, 4.69) is 0 Å². The second-order valence-corrected chi connectivity index (χ2v) is 5.48. The van der Waals surface area contributed by atoms with Gasteiger partial charge in [-0.15, -0.1) is 0 Å². The van der Waals surface area contributed by atoms with Gasteiger partial charge in [0.2, 0.25) is 11.8 Å². The van der Waals surface area contributed by atoms with Crippen LogP contribution in [0.3, 0.4) is 0 Å². The third-order valence-electron chi connectivity index (χ3n) is 3.95. The van der Waals surface area contributed by atoms with E-state index in [9.17, 15) is 14.0 Å². The van der Waals surface area contributed by atoms with Crippen LogP contribution in [0, 0.1) is 11.7 Å². The second-order valence-electron chi connectivity index (χ2n) is 5.48. The lowest BCUT2D eigenvalue weighted by Gasteiger charge is -2.15. The normalized spacial score (nSPS) is 17.7. The Balaban J connectivity index is 1.79. The molecule has 1 saturated heterocycles. The molecule has 0 N–H and O–H groups in total. The standard InChI is InChI=1S/C18H16FNO3/c1-23-16-8-7-12(10-15(16)19)9-13-11-17(21)20(18(13)22)14-5-3-2-4-6-14/h2-8,10,13H,9,11H2,1H3. The Hall–Kier alpha value is -2.69. The molecular formula is C18H16FNO3. The monoisotopic (exact) mass is 313 g/mol. The van der Waals surface area contributed by atoms with Crippen LogP contribution in [0.2, 0.25) is 0 Å². The van der Waals surface area contributed by atoms with Crippen LogP contribution in [-0.4, -0.2) is 18.9 Å². The highest BCUT2D eigenvalue weighted by Crippen LogP contribution is 2.29. The number of hydrogen-bond acceptors (Lipinski definition) is 3. The van der Waals surface area contributed by atoms with Gasteiger partial charge in [-0.3, -0.25) is 14.5 Å². The van der Waals surface area contributed by atoms with Crippen molar-refractivity contribution in [3.8, 4) is 5.75 Å². The van der Waals surface area contributed by atoms with E-state index in [4.69, 9.17) is 4.74 Å². The first-order valence-electron chi connectivity index (χ1n) is 7.34. The van der Waals surface area contributed by atoms with Crippen LogP contribution in [0.5, 0.6) is 5.75 Å². The molecule has 1 aliphatic heterocycles. The lowest BCUT2D eigenvalue weighted by Crippen LogP contribution is -2.30. The molecule has 23 heavy (non-hydrogen) atoms. The number of amides is 2. The number of hydrogen-bond donors (Lipinski definition) is 0. The molecule has 2 amide bonds. The average Bonchev–Trinajstić information content (AvgIpc) is 2.82. The van der Waals surface area contributed by atoms with Gasteiger partial charge in [0.15, 0.2) is 11.6 Å². The van der Waals surface area contributed by atoms with E-state index in [1.54, 1.807) is 30.3 Å². The third-order valence-corrected chi connectivity index (χ3v) is 3.95. The van der Waals surface area contributed by atoms with Crippen molar-refractivity contribution in [1.82, 2.24) is 0 Å². The summed E-state index contributed by atoms with van der Waals surface area (Å²) in [4.78, 5) is 25.9. The van der Waals surface area contributed by atoms with Crippen molar-refractivity contribution in [2.24, 2.45) is 5.92 Å². The Labute approximate surface area is 133 Å². The summed E-state index contributed by atoms with van der Waals surface area (Å²) in [6.45, 7) is 0. The fourth-order valence-electron chi connectivity index (χ4n) is 2.82. The Morgan fingerprint density at radius 2 is 1.91 bits per heavy atom. The molecular weight excluding hydrogens is 297 g/mol. The molecule has 0 spiro atoms. The minimum absolute atomic E-state index is 0.140. The molecule has 5 heteroatoms. The van der Waals surface area contributed by atoms with Gasteiger partial charge in [0.1, 0.15) is 0 Å². The van der Waals surface area contributed by atoms with Crippen LogP contribution in [-0.2, 0) is 16.0 Å². The maximum absolute atomic E-state index is 13.8. The number of carbonyl (C=O) groups excluding carboxylic acids is 2. The Morgan fingerprint density at radius 1 is 1.17 bits per heavy atom. The number of nitrogens with zero attached hydrogens (tertiary/aromatic N) is 1. The quantitative estimate of drug-likeness (QED) is 0.815. The topological polar surface area (TPSA) is 46.6 Å². The summed E-state index contributed by atoms with van der Waals surface area (Å²) in [6, 6.07) is 13.4. The van der Waals surface area contributed by atoms with Crippen LogP contribution < -0.4 is 9.64 Å². The highest BCUT2D eigenvalue weighted by molar-refractivity contribution is 6.20. The van der Waals surface area contributed by atoms with E-state index < -0.39 is 11.7 Å². The van der Waals surface area contributed by atoms with Gasteiger partial charge >= 0.3 is 0 Å². The lowest BCUT2D eigenvalue weighted by molar-refractivity contribution is -0.122. The summed E-state index contributed by atoms with van der Waals surface area (Å²) in [5.41, 5.74) is 1.25. The maximum atomic E-state index is 13.8. The molecule has 118 valence electrons. The molecule has 3 rings (SSSR count). The first kappa shape index (κ1) is 15.2. The van der Waals surface area contributed by atoms with E-state index in [1.807, 2.05) is 6.07 Å². The Kier molecular flexibility index (Phi) is 4.10. The number of anilines is 1. The second kappa shape index (κ2) is 6.20. The number of imide groups is 1. The molecule has 1 fully saturated rings. The van der Waals surface area contributed by atoms with Crippen molar-refractivity contribution >= 4 is 17.5 Å². The molecule has 4 nitrogen and oxygen atoms in total. The molecule has 2 aromatic carbocycles. The van der Waals surface area contributed by atoms with E-state index in [-0.39, 0.29) is 24.0 Å². The van der Waals surface area contributed by atoms with Gasteiger partial charge in [0, 0.05) is 6.42 Å². The first-order valence-corrected chi connectivity index (χ1v) is 7.34. The Bertz CT molecular complexity index is 745. The molecule has 1 unspecified atom stereocenters. The minimum Gasteiger partial charge on any atom is -0.494 e. The molecule has 0 radical (unpaired) electrons. The molecule has 2 aromatic rings. The predicted octanol–water partition coefficient (Wildman–Crippen LogP) is 2.96. The van der Waals surface area contributed by atoms with Gasteiger partial charge in [0.05, 0.1) is 18.7 Å². The highest BCUT2D eigenvalue weighted by atomic mass is 19.1. The van der Waals surface area contributed by atoms with Crippen LogP contribution >= 0.6 is 0 Å². The highest BCUT2D eigenvalue weighted by Gasteiger charge is 2.39. The molecule has 0 bridgehead atoms. The average molecular weight is 313 g/mol. The van der Waals surface area contributed by atoms with E-state index in [0.717, 1.165) is 0 Å². The van der Waals surface area contributed by atoms with Crippen molar-refractivity contribution in [3.63, 3.8) is 0 Å². The van der Waals surface area contributed by atoms with Crippen molar-refractivity contribution in [2.45, 2.75) is 12.8 Å². The first-order chi connectivity index (χ1) is 11.1. The van der Waals surface area contributed by atoms with Crippen molar-refractivity contribution in [3.05, 3.63) is 59.9 Å². The summed E-state index contributed by atoms with van der Waals surface area (Å²) in [5.74, 6) is -1.23. The molecule has 0 aromatic heterocycles. The number of methoxy groups -OCH3 is 1. The molecule has 0 aliphatic carbocycles. The zero-order chi connectivity index (χ0) is 16.4. The van der Waals surface area contributed by atoms with Gasteiger partial charge in [-0.25, -0.2) is 4.39 Å². The smallest absolute Gasteiger partial charge is 0.237 e. The number of ether oxygens (including phenoxy) is 1. The van der Waals surface area contributed by atoms with Crippen LogP contribution in [0.4, 0.5) is 10.1 Å². The largest absolute Gasteiger partial charge is 0.494 e. The fourth-order valence-corrected chi connectivity index (χ4v) is 2.82. The van der Waals surface area contributed by atoms with Gasteiger partial charge in [-0.2, -0.15) is 0 Å². The number of para-hydroxylation sites is 1. The van der Waals surface area contributed by atoms with Crippen molar-refractivity contribution in [2.75, 3.05) is 12.0 Å². The van der Waals surface area contributed by atoms with E-state index >= 15 is 0 Å². The minimum atomic E-state index is -0.471. The van der Waals surface area contributed by atoms with Crippen molar-refractivity contribution in [1.29, 1.82) is 0 Å². The van der Waals surface area contributed by atoms with Gasteiger partial charge in [-0.05, 0) is 36.2 Å². The molecule has 1 aliphatic rings. The third kappa shape index (κ3) is 2.95. The van der Waals surface area contributed by atoms with E-state index in [0.29, 0.717) is 17.7 Å². The molecule has 1 heterocycles. The lowest BCUT2D eigenvalue weighted by atomic mass is 9.97. The maximum Gasteiger partial charge on any atom is 0.237 e. The van der Waals surface area contributed by atoms with Gasteiger partial charge < -0.3 is 4.74 Å². The van der Waals surface area contributed by atoms with E-state index in [1.165, 1.54) is 24.1 Å². The summed E-state index contributed by atoms with van der Waals surface area (Å²) in [6.07, 6.45) is 0.468. The summed E-state index contributed by atoms with van der Waals surface area (Å²) in [7, 11) is 1.40. The number of halogens is 1. The van der Waals surface area contributed by atoms with Crippen LogP contribution in [0.1, 0.15) is 12.0 Å². The number of benzene rings is 2. The number of rotatable bonds is 4. The van der Waals surface area contributed by atoms with Crippen molar-refractivity contribution < 1.29 is 18.7 Å². The predicted molar refractivity (Wildman–Crippen MR) is 83.7 cm³/mol. The zero-order valence-corrected chi connectivity index (χ0v) is 12.7. The molecule has 0 saturated carbocycles. The summed E-state index contributed by atoms with van der Waals surface area (Å²) in [5, 5.41) is 0. The van der Waals surface area contributed by atoms with Crippen LogP contribution in [0.15, 0.2) is 48.5 Å². The van der Waals surface area contributed by atoms with Crippen LogP contribution in [0.25, 0.3) is 0 Å². The SMILES string of the molecule is COc1ccc(CC2CC(=O)N(c3ccccc3)C2=O)cc1F. The zero-order valence-electron chi connectivity index (χ0n) is 12.7. The number of carbonyl (C=O) groups is 2. The molecule has 1 atom stereocenters. The van der Waals surface area contributed by atoms with Gasteiger partial charge in [-0.1, -0.05) is 24.3 Å². The van der Waals surface area contributed by atoms with Gasteiger partial charge in [0.25, 0.3) is 0 Å². The Morgan fingerprint density at radius 3 is 2.57 bits per heavy atom.